The summed E-state index contributed by atoms with van der Waals surface area (Å²) < 4.78 is 0. The summed E-state index contributed by atoms with van der Waals surface area (Å²) in [5.41, 5.74) is 7.44. The van der Waals surface area contributed by atoms with Crippen molar-refractivity contribution in [3.8, 4) is 0 Å². The van der Waals surface area contributed by atoms with Gasteiger partial charge in [0.25, 0.3) is 0 Å². The maximum atomic E-state index is 13.0. The molecule has 16 heteroatoms. The molecule has 0 aliphatic carbocycles. The molecule has 0 aliphatic heterocycles. The Labute approximate surface area is 209 Å². The van der Waals surface area contributed by atoms with E-state index in [0.717, 1.165) is 0 Å². The molecule has 0 spiro atoms. The highest BCUT2D eigenvalue weighted by Crippen LogP contribution is 2.04. The van der Waals surface area contributed by atoms with Gasteiger partial charge >= 0.3 is 5.97 Å². The van der Waals surface area contributed by atoms with Gasteiger partial charge in [-0.25, -0.2) is 19.7 Å². The highest BCUT2D eigenvalue weighted by molar-refractivity contribution is 5.94. The molecule has 3 rings (SSSR count). The van der Waals surface area contributed by atoms with Crippen molar-refractivity contribution in [1.82, 2.24) is 45.9 Å². The molecule has 0 radical (unpaired) electrons. The number of amides is 3. The van der Waals surface area contributed by atoms with Crippen LogP contribution in [0.2, 0.25) is 0 Å². The third-order valence-electron chi connectivity index (χ3n) is 5.35. The van der Waals surface area contributed by atoms with Gasteiger partial charge in [-0.15, -0.1) is 0 Å². The normalized spacial score (nSPS) is 14.2. The summed E-state index contributed by atoms with van der Waals surface area (Å²) in [6, 6.07) is -5.04. The second-order valence-electron chi connectivity index (χ2n) is 8.15. The number of carboxylic acids is 1. The van der Waals surface area contributed by atoms with Crippen molar-refractivity contribution in [2.24, 2.45) is 5.73 Å². The Hall–Kier alpha value is -4.57. The molecule has 37 heavy (non-hydrogen) atoms. The lowest BCUT2D eigenvalue weighted by molar-refractivity contribution is -0.142. The third kappa shape index (κ3) is 7.97. The van der Waals surface area contributed by atoms with Gasteiger partial charge in [-0.05, 0) is 0 Å². The Morgan fingerprint density at radius 3 is 1.62 bits per heavy atom. The fourth-order valence-corrected chi connectivity index (χ4v) is 3.39. The van der Waals surface area contributed by atoms with Crippen molar-refractivity contribution in [2.45, 2.75) is 43.4 Å². The molecule has 0 saturated heterocycles. The van der Waals surface area contributed by atoms with Gasteiger partial charge in [-0.1, -0.05) is 0 Å². The first kappa shape index (κ1) is 27.0. The topological polar surface area (TPSA) is 257 Å². The highest BCUT2D eigenvalue weighted by Gasteiger charge is 2.31. The number of carbonyl (C=O) groups is 4. The summed E-state index contributed by atoms with van der Waals surface area (Å²) in [5.74, 6) is -3.66. The molecule has 0 aromatic carbocycles. The summed E-state index contributed by atoms with van der Waals surface area (Å²) in [6.07, 6.45) is 8.52. The summed E-state index contributed by atoms with van der Waals surface area (Å²) in [7, 11) is 0. The van der Waals surface area contributed by atoms with Crippen LogP contribution in [0.15, 0.2) is 37.6 Å². The lowest BCUT2D eigenvalue weighted by atomic mass is 10.1. The first-order valence-electron chi connectivity index (χ1n) is 11.2. The Morgan fingerprint density at radius 2 is 1.16 bits per heavy atom. The number of hydrogen-bond donors (Lipinski definition) is 9. The largest absolute Gasteiger partial charge is 0.480 e. The first-order chi connectivity index (χ1) is 17.8. The van der Waals surface area contributed by atoms with Gasteiger partial charge in [0.05, 0.1) is 31.6 Å². The van der Waals surface area contributed by atoms with E-state index in [9.17, 15) is 29.4 Å². The van der Waals surface area contributed by atoms with Crippen LogP contribution in [0.25, 0.3) is 0 Å². The molecule has 10 N–H and O–H groups in total. The number of aromatic amines is 3. The Balaban J connectivity index is 1.67. The van der Waals surface area contributed by atoms with Crippen molar-refractivity contribution in [3.05, 3.63) is 54.7 Å². The summed E-state index contributed by atoms with van der Waals surface area (Å²) >= 11 is 0. The highest BCUT2D eigenvalue weighted by atomic mass is 16.4. The van der Waals surface area contributed by atoms with Crippen molar-refractivity contribution >= 4 is 23.7 Å². The molecular weight excluding hydrogens is 488 g/mol. The number of hydrogen-bond acceptors (Lipinski definition) is 9. The monoisotopic (exact) mass is 516 g/mol. The van der Waals surface area contributed by atoms with Crippen molar-refractivity contribution in [2.75, 3.05) is 6.61 Å². The Morgan fingerprint density at radius 1 is 0.730 bits per heavy atom. The van der Waals surface area contributed by atoms with Crippen LogP contribution in [0.4, 0.5) is 0 Å². The van der Waals surface area contributed by atoms with E-state index in [-0.39, 0.29) is 19.3 Å². The molecule has 0 fully saturated rings. The average molecular weight is 517 g/mol. The number of aliphatic carboxylic acids is 1. The molecule has 3 amide bonds. The molecule has 3 aromatic rings. The Bertz CT molecular complexity index is 1150. The van der Waals surface area contributed by atoms with Gasteiger partial charge in [0, 0.05) is 54.9 Å². The fourth-order valence-electron chi connectivity index (χ4n) is 3.39. The zero-order valence-corrected chi connectivity index (χ0v) is 19.5. The number of nitrogens with zero attached hydrogens (tertiary/aromatic N) is 3. The van der Waals surface area contributed by atoms with E-state index in [1.54, 1.807) is 0 Å². The predicted octanol–water partition coefficient (Wildman–Crippen LogP) is -3.26. The van der Waals surface area contributed by atoms with Crippen LogP contribution < -0.4 is 21.7 Å². The van der Waals surface area contributed by atoms with Crippen LogP contribution in [-0.4, -0.2) is 94.6 Å². The quantitative estimate of drug-likeness (QED) is 0.103. The molecule has 4 unspecified atom stereocenters. The van der Waals surface area contributed by atoms with E-state index in [1.165, 1.54) is 37.6 Å². The van der Waals surface area contributed by atoms with Crippen LogP contribution in [0.5, 0.6) is 0 Å². The molecule has 3 aromatic heterocycles. The van der Waals surface area contributed by atoms with E-state index in [1.807, 2.05) is 0 Å². The number of H-pyrrole nitrogens is 3. The molecule has 0 aliphatic rings. The number of nitrogens with one attached hydrogen (secondary N) is 6. The van der Waals surface area contributed by atoms with Gasteiger partial charge in [-0.3, -0.25) is 14.4 Å². The van der Waals surface area contributed by atoms with E-state index in [0.29, 0.717) is 17.1 Å². The number of carboxylic acid groups (broad SMARTS) is 1. The van der Waals surface area contributed by atoms with E-state index < -0.39 is 54.5 Å². The number of aromatic nitrogens is 6. The second kappa shape index (κ2) is 12.9. The molecule has 3 heterocycles. The van der Waals surface area contributed by atoms with Gasteiger partial charge in [0.15, 0.2) is 0 Å². The maximum absolute atomic E-state index is 13.0. The standard InChI is InChI=1S/C21H28N10O6/c22-14(1-11-4-23-8-26-11)18(33)31-17(7-32)20(35)29-15(2-12-5-24-9-27-12)19(34)30-16(21(36)37)3-13-6-25-10-28-13/h4-6,8-10,14-17,32H,1-3,7,22H2,(H,23,26)(H,24,27)(H,25,28)(H,29,35)(H,30,34)(H,31,33)(H,36,37). The zero-order chi connectivity index (χ0) is 26.8. The molecule has 0 saturated carbocycles. The number of carbonyl (C=O) groups excluding carboxylic acids is 3. The molecular formula is C21H28N10O6. The van der Waals surface area contributed by atoms with E-state index in [4.69, 9.17) is 5.73 Å². The Kier molecular flexibility index (Phi) is 9.45. The minimum absolute atomic E-state index is 0.0700. The van der Waals surface area contributed by atoms with Crippen LogP contribution in [0.3, 0.4) is 0 Å². The van der Waals surface area contributed by atoms with Crippen molar-refractivity contribution in [3.63, 3.8) is 0 Å². The van der Waals surface area contributed by atoms with Crippen molar-refractivity contribution in [1.29, 1.82) is 0 Å². The summed E-state index contributed by atoms with van der Waals surface area (Å²) in [4.78, 5) is 70.0. The van der Waals surface area contributed by atoms with Crippen LogP contribution in [0.1, 0.15) is 17.1 Å². The summed E-state index contributed by atoms with van der Waals surface area (Å²) in [6.45, 7) is -0.773. The lowest BCUT2D eigenvalue weighted by Gasteiger charge is -2.24. The van der Waals surface area contributed by atoms with Gasteiger partial charge in [0.1, 0.15) is 18.1 Å². The smallest absolute Gasteiger partial charge is 0.326 e. The minimum atomic E-state index is -1.42. The van der Waals surface area contributed by atoms with E-state index in [2.05, 4.69) is 45.9 Å². The first-order valence-corrected chi connectivity index (χ1v) is 11.2. The third-order valence-corrected chi connectivity index (χ3v) is 5.35. The number of aliphatic hydroxyl groups excluding tert-OH is 1. The van der Waals surface area contributed by atoms with Gasteiger partial charge in [0.2, 0.25) is 17.7 Å². The SMILES string of the molecule is NC(Cc1cnc[nH]1)C(=O)NC(CO)C(=O)NC(Cc1cnc[nH]1)C(=O)NC(Cc1cnc[nH]1)C(=O)O. The number of rotatable bonds is 14. The number of nitrogens with two attached hydrogens (primary N) is 1. The predicted molar refractivity (Wildman–Crippen MR) is 125 cm³/mol. The number of imidazole rings is 3. The average Bonchev–Trinajstić information content (AvgIpc) is 3.65. The van der Waals surface area contributed by atoms with Crippen LogP contribution >= 0.6 is 0 Å². The maximum Gasteiger partial charge on any atom is 0.326 e. The van der Waals surface area contributed by atoms with Gasteiger partial charge in [-0.2, -0.15) is 0 Å². The van der Waals surface area contributed by atoms with Gasteiger partial charge < -0.3 is 46.8 Å². The lowest BCUT2D eigenvalue weighted by Crippen LogP contribution is -2.58. The van der Waals surface area contributed by atoms with E-state index >= 15 is 0 Å². The minimum Gasteiger partial charge on any atom is -0.480 e. The number of aliphatic hydroxyl groups is 1. The fraction of sp³-hybridized carbons (Fsp3) is 0.381. The molecule has 198 valence electrons. The van der Waals surface area contributed by atoms with Crippen LogP contribution in [0, 0.1) is 0 Å². The molecule has 4 atom stereocenters. The van der Waals surface area contributed by atoms with Crippen LogP contribution in [-0.2, 0) is 38.4 Å². The zero-order valence-electron chi connectivity index (χ0n) is 19.5. The second-order valence-corrected chi connectivity index (χ2v) is 8.15. The molecule has 16 nitrogen and oxygen atoms in total. The summed E-state index contributed by atoms with van der Waals surface area (Å²) in [5, 5.41) is 26.5. The molecule has 0 bridgehead atoms. The van der Waals surface area contributed by atoms with Crippen molar-refractivity contribution < 1.29 is 29.4 Å².